The zero-order valence-corrected chi connectivity index (χ0v) is 11.9. The predicted molar refractivity (Wildman–Crippen MR) is 78.8 cm³/mol. The number of aromatic nitrogens is 1. The van der Waals surface area contributed by atoms with Gasteiger partial charge in [-0.05, 0) is 42.8 Å². The molecule has 108 valence electrons. The summed E-state index contributed by atoms with van der Waals surface area (Å²) in [5, 5.41) is 0. The van der Waals surface area contributed by atoms with Crippen LogP contribution < -0.4 is 10.5 Å². The Morgan fingerprint density at radius 2 is 1.95 bits per heavy atom. The molecule has 21 heavy (non-hydrogen) atoms. The smallest absolute Gasteiger partial charge is 0.408 e. The van der Waals surface area contributed by atoms with Crippen LogP contribution in [0.1, 0.15) is 5.56 Å². The second kappa shape index (κ2) is 4.78. The summed E-state index contributed by atoms with van der Waals surface area (Å²) in [7, 11) is -3.73. The van der Waals surface area contributed by atoms with Crippen molar-refractivity contribution < 1.29 is 12.8 Å². The van der Waals surface area contributed by atoms with Crippen molar-refractivity contribution in [3.63, 3.8) is 0 Å². The van der Waals surface area contributed by atoms with Gasteiger partial charge in [-0.3, -0.25) is 9.71 Å². The summed E-state index contributed by atoms with van der Waals surface area (Å²) in [6.07, 6.45) is 0. The van der Waals surface area contributed by atoms with Gasteiger partial charge in [-0.1, -0.05) is 12.1 Å². The third-order valence-electron chi connectivity index (χ3n) is 2.97. The van der Waals surface area contributed by atoms with E-state index in [9.17, 15) is 13.2 Å². The number of benzene rings is 2. The Labute approximate surface area is 120 Å². The van der Waals surface area contributed by atoms with E-state index in [-0.39, 0.29) is 4.90 Å². The summed E-state index contributed by atoms with van der Waals surface area (Å²) < 4.78 is 32.0. The number of aromatic amines is 1. The number of hydrogen-bond donors (Lipinski definition) is 2. The molecule has 0 aliphatic rings. The van der Waals surface area contributed by atoms with Crippen molar-refractivity contribution in [2.24, 2.45) is 0 Å². The van der Waals surface area contributed by atoms with Crippen molar-refractivity contribution in [1.29, 1.82) is 0 Å². The van der Waals surface area contributed by atoms with E-state index in [2.05, 4.69) is 9.71 Å². The van der Waals surface area contributed by atoms with Crippen molar-refractivity contribution in [2.75, 3.05) is 4.72 Å². The van der Waals surface area contributed by atoms with Gasteiger partial charge in [0, 0.05) is 5.69 Å². The van der Waals surface area contributed by atoms with E-state index in [4.69, 9.17) is 4.42 Å². The lowest BCUT2D eigenvalue weighted by Crippen LogP contribution is -2.12. The maximum absolute atomic E-state index is 12.3. The Bertz CT molecular complexity index is 970. The Balaban J connectivity index is 2.01. The average Bonchev–Trinajstić information content (AvgIpc) is 2.77. The summed E-state index contributed by atoms with van der Waals surface area (Å²) in [6.45, 7) is 1.88. The Morgan fingerprint density at radius 1 is 1.14 bits per heavy atom. The van der Waals surface area contributed by atoms with Gasteiger partial charge in [0.1, 0.15) is 0 Å². The second-order valence-corrected chi connectivity index (χ2v) is 6.33. The van der Waals surface area contributed by atoms with Crippen LogP contribution in [-0.2, 0) is 10.0 Å². The molecule has 0 saturated carbocycles. The lowest BCUT2D eigenvalue weighted by atomic mass is 10.2. The molecule has 0 amide bonds. The third-order valence-corrected chi connectivity index (χ3v) is 4.35. The SMILES string of the molecule is Cc1cccc(NS(=O)(=O)c2ccc3oc(=O)[nH]c3c2)c1. The van der Waals surface area contributed by atoms with Crippen LogP contribution >= 0.6 is 0 Å². The Hall–Kier alpha value is -2.54. The second-order valence-electron chi connectivity index (χ2n) is 4.65. The number of H-pyrrole nitrogens is 1. The van der Waals surface area contributed by atoms with Crippen LogP contribution in [0.3, 0.4) is 0 Å². The molecule has 3 rings (SSSR count). The minimum absolute atomic E-state index is 0.0496. The molecule has 3 aromatic rings. The van der Waals surface area contributed by atoms with Gasteiger partial charge in [-0.15, -0.1) is 0 Å². The van der Waals surface area contributed by atoms with Crippen LogP contribution in [0.5, 0.6) is 0 Å². The Kier molecular flexibility index (Phi) is 3.06. The summed E-state index contributed by atoms with van der Waals surface area (Å²) in [4.78, 5) is 13.6. The molecule has 6 nitrogen and oxygen atoms in total. The zero-order chi connectivity index (χ0) is 15.0. The standard InChI is InChI=1S/C14H12N2O4S/c1-9-3-2-4-10(7-9)16-21(18,19)11-5-6-13-12(8-11)15-14(17)20-13/h2-8,16H,1H3,(H,15,17). The highest BCUT2D eigenvalue weighted by Crippen LogP contribution is 2.20. The van der Waals surface area contributed by atoms with Crippen molar-refractivity contribution in [1.82, 2.24) is 4.98 Å². The first kappa shape index (κ1) is 13.4. The quantitative estimate of drug-likeness (QED) is 0.776. The van der Waals surface area contributed by atoms with Gasteiger partial charge in [0.05, 0.1) is 10.4 Å². The lowest BCUT2D eigenvalue weighted by molar-refractivity contribution is 0.555. The van der Waals surface area contributed by atoms with E-state index in [0.717, 1.165) is 5.56 Å². The molecule has 0 fully saturated rings. The van der Waals surface area contributed by atoms with Gasteiger partial charge >= 0.3 is 5.76 Å². The summed E-state index contributed by atoms with van der Waals surface area (Å²) >= 11 is 0. The third kappa shape index (κ3) is 2.68. The van der Waals surface area contributed by atoms with Gasteiger partial charge in [-0.2, -0.15) is 0 Å². The number of oxazole rings is 1. The van der Waals surface area contributed by atoms with E-state index < -0.39 is 15.8 Å². The first-order valence-electron chi connectivity index (χ1n) is 6.16. The normalized spacial score (nSPS) is 11.7. The summed E-state index contributed by atoms with van der Waals surface area (Å²) in [5.41, 5.74) is 2.09. The topological polar surface area (TPSA) is 92.2 Å². The van der Waals surface area contributed by atoms with Gasteiger partial charge in [-0.25, -0.2) is 13.2 Å². The van der Waals surface area contributed by atoms with Gasteiger partial charge < -0.3 is 4.42 Å². The number of fused-ring (bicyclic) bond motifs is 1. The number of sulfonamides is 1. The van der Waals surface area contributed by atoms with E-state index >= 15 is 0 Å². The molecular formula is C14H12N2O4S. The molecule has 0 bridgehead atoms. The molecule has 0 spiro atoms. The maximum Gasteiger partial charge on any atom is 0.417 e. The van der Waals surface area contributed by atoms with Crippen LogP contribution in [0.2, 0.25) is 0 Å². The van der Waals surface area contributed by atoms with Gasteiger partial charge in [0.2, 0.25) is 0 Å². The Morgan fingerprint density at radius 3 is 2.71 bits per heavy atom. The molecule has 0 aliphatic heterocycles. The monoisotopic (exact) mass is 304 g/mol. The molecule has 0 aliphatic carbocycles. The summed E-state index contributed by atoms with van der Waals surface area (Å²) in [6, 6.07) is 11.2. The zero-order valence-electron chi connectivity index (χ0n) is 11.1. The molecule has 0 unspecified atom stereocenters. The van der Waals surface area contributed by atoms with Crippen LogP contribution in [0.25, 0.3) is 11.1 Å². The maximum atomic E-state index is 12.3. The van der Waals surface area contributed by atoms with E-state index in [1.54, 1.807) is 18.2 Å². The molecule has 0 saturated heterocycles. The van der Waals surface area contributed by atoms with Crippen molar-refractivity contribution in [3.8, 4) is 0 Å². The molecule has 0 atom stereocenters. The summed E-state index contributed by atoms with van der Waals surface area (Å²) in [5.74, 6) is -0.619. The molecular weight excluding hydrogens is 292 g/mol. The molecule has 2 N–H and O–H groups in total. The fourth-order valence-corrected chi connectivity index (χ4v) is 3.10. The fourth-order valence-electron chi connectivity index (χ4n) is 2.02. The lowest BCUT2D eigenvalue weighted by Gasteiger charge is -2.08. The first-order chi connectivity index (χ1) is 9.94. The number of hydrogen-bond acceptors (Lipinski definition) is 4. The van der Waals surface area contributed by atoms with E-state index in [1.165, 1.54) is 18.2 Å². The highest BCUT2D eigenvalue weighted by molar-refractivity contribution is 7.92. The first-order valence-corrected chi connectivity index (χ1v) is 7.65. The molecule has 1 heterocycles. The highest BCUT2D eigenvalue weighted by atomic mass is 32.2. The van der Waals surface area contributed by atoms with Crippen LogP contribution in [0, 0.1) is 6.92 Å². The highest BCUT2D eigenvalue weighted by Gasteiger charge is 2.16. The number of aryl methyl sites for hydroxylation is 1. The minimum Gasteiger partial charge on any atom is -0.408 e. The number of anilines is 1. The number of nitrogens with one attached hydrogen (secondary N) is 2. The molecule has 1 aromatic heterocycles. The van der Waals surface area contributed by atoms with Crippen LogP contribution in [-0.4, -0.2) is 13.4 Å². The van der Waals surface area contributed by atoms with Gasteiger partial charge in [0.25, 0.3) is 10.0 Å². The van der Waals surface area contributed by atoms with E-state index in [0.29, 0.717) is 16.8 Å². The fraction of sp³-hybridized carbons (Fsp3) is 0.0714. The van der Waals surface area contributed by atoms with Gasteiger partial charge in [0.15, 0.2) is 5.58 Å². The van der Waals surface area contributed by atoms with Crippen molar-refractivity contribution >= 4 is 26.8 Å². The van der Waals surface area contributed by atoms with Crippen molar-refractivity contribution in [3.05, 3.63) is 58.6 Å². The van der Waals surface area contributed by atoms with E-state index in [1.807, 2.05) is 13.0 Å². The van der Waals surface area contributed by atoms with Crippen LogP contribution in [0.15, 0.2) is 56.6 Å². The largest absolute Gasteiger partial charge is 0.417 e. The molecule has 0 radical (unpaired) electrons. The molecule has 7 heteroatoms. The van der Waals surface area contributed by atoms with Crippen molar-refractivity contribution in [2.45, 2.75) is 11.8 Å². The average molecular weight is 304 g/mol. The predicted octanol–water partition coefficient (Wildman–Crippen LogP) is 2.23. The molecule has 2 aromatic carbocycles. The minimum atomic E-state index is -3.73. The van der Waals surface area contributed by atoms with Crippen LogP contribution in [0.4, 0.5) is 5.69 Å². The number of rotatable bonds is 3.